The van der Waals surface area contributed by atoms with E-state index in [1.54, 1.807) is 0 Å². The number of ether oxygens (including phenoxy) is 1. The van der Waals surface area contributed by atoms with Crippen molar-refractivity contribution in [3.63, 3.8) is 0 Å². The predicted octanol–water partition coefficient (Wildman–Crippen LogP) is 3.36. The molecule has 3 heteroatoms. The van der Waals surface area contributed by atoms with Crippen LogP contribution in [0.4, 0.5) is 0 Å². The molecule has 0 aromatic rings. The van der Waals surface area contributed by atoms with Gasteiger partial charge in [0.1, 0.15) is 0 Å². The van der Waals surface area contributed by atoms with Gasteiger partial charge in [-0.2, -0.15) is 0 Å². The van der Waals surface area contributed by atoms with Gasteiger partial charge in [-0.25, -0.2) is 0 Å². The van der Waals surface area contributed by atoms with Gasteiger partial charge < -0.3 is 15.2 Å². The Morgan fingerprint density at radius 2 is 2.00 bits per heavy atom. The van der Waals surface area contributed by atoms with Crippen molar-refractivity contribution in [3.8, 4) is 0 Å². The van der Waals surface area contributed by atoms with Crippen LogP contribution < -0.4 is 5.32 Å². The molecule has 20 heavy (non-hydrogen) atoms. The monoisotopic (exact) mass is 285 g/mol. The number of rotatable bonds is 10. The Morgan fingerprint density at radius 1 is 1.25 bits per heavy atom. The summed E-state index contributed by atoms with van der Waals surface area (Å²) < 4.78 is 5.78. The van der Waals surface area contributed by atoms with Crippen LogP contribution in [0, 0.1) is 11.8 Å². The second-order valence-electron chi connectivity index (χ2n) is 7.14. The molecule has 3 nitrogen and oxygen atoms in total. The highest BCUT2D eigenvalue weighted by Crippen LogP contribution is 2.38. The van der Waals surface area contributed by atoms with E-state index in [0.29, 0.717) is 12.0 Å². The van der Waals surface area contributed by atoms with E-state index < -0.39 is 0 Å². The summed E-state index contributed by atoms with van der Waals surface area (Å²) in [5, 5.41) is 13.5. The molecule has 0 radical (unpaired) electrons. The van der Waals surface area contributed by atoms with Gasteiger partial charge in [0.05, 0.1) is 6.61 Å². The van der Waals surface area contributed by atoms with Crippen molar-refractivity contribution >= 4 is 0 Å². The predicted molar refractivity (Wildman–Crippen MR) is 84.9 cm³/mol. The summed E-state index contributed by atoms with van der Waals surface area (Å²) in [4.78, 5) is 0. The lowest BCUT2D eigenvalue weighted by atomic mass is 9.85. The normalized spacial score (nSPS) is 26.9. The number of nitrogens with one attached hydrogen (secondary N) is 1. The third kappa shape index (κ3) is 5.71. The van der Waals surface area contributed by atoms with E-state index in [1.807, 2.05) is 0 Å². The molecule has 1 saturated carbocycles. The maximum absolute atomic E-state index is 9.83. The fourth-order valence-electron chi connectivity index (χ4n) is 3.50. The second-order valence-corrected chi connectivity index (χ2v) is 7.14. The van der Waals surface area contributed by atoms with Crippen LogP contribution in [-0.4, -0.2) is 36.5 Å². The van der Waals surface area contributed by atoms with Gasteiger partial charge in [-0.15, -0.1) is 0 Å². The molecule has 1 fully saturated rings. The molecule has 120 valence electrons. The van der Waals surface area contributed by atoms with Crippen molar-refractivity contribution in [1.29, 1.82) is 0 Å². The largest absolute Gasteiger partial charge is 0.394 e. The standard InChI is InChI=1S/C17H35NO2/c1-14(2)7-6-11-20-12-9-16-8-5-10-17(16,13-19)18-15(3)4/h14-16,18-19H,5-13H2,1-4H3. The summed E-state index contributed by atoms with van der Waals surface area (Å²) in [5.41, 5.74) is -0.0601. The Kier molecular flexibility index (Phi) is 8.08. The molecule has 2 atom stereocenters. The van der Waals surface area contributed by atoms with Crippen LogP contribution >= 0.6 is 0 Å². The SMILES string of the molecule is CC(C)CCCOCCC1CCCC1(CO)NC(C)C. The van der Waals surface area contributed by atoms with Crippen molar-refractivity contribution in [1.82, 2.24) is 5.32 Å². The average molecular weight is 285 g/mol. The first-order valence-corrected chi connectivity index (χ1v) is 8.46. The van der Waals surface area contributed by atoms with Crippen LogP contribution in [0.25, 0.3) is 0 Å². The molecule has 0 bridgehead atoms. The van der Waals surface area contributed by atoms with Gasteiger partial charge >= 0.3 is 0 Å². The molecule has 0 aliphatic heterocycles. The number of hydrogen-bond donors (Lipinski definition) is 2. The molecular weight excluding hydrogens is 250 g/mol. The lowest BCUT2D eigenvalue weighted by Gasteiger charge is -2.37. The number of aliphatic hydroxyl groups is 1. The second kappa shape index (κ2) is 9.01. The minimum Gasteiger partial charge on any atom is -0.394 e. The van der Waals surface area contributed by atoms with Crippen molar-refractivity contribution in [3.05, 3.63) is 0 Å². The zero-order chi connectivity index (χ0) is 15.0. The average Bonchev–Trinajstić information content (AvgIpc) is 2.76. The van der Waals surface area contributed by atoms with Gasteiger partial charge in [0.25, 0.3) is 0 Å². The molecule has 2 unspecified atom stereocenters. The Balaban J connectivity index is 2.27. The lowest BCUT2D eigenvalue weighted by Crippen LogP contribution is -2.54. The quantitative estimate of drug-likeness (QED) is 0.605. The Morgan fingerprint density at radius 3 is 2.60 bits per heavy atom. The number of hydrogen-bond acceptors (Lipinski definition) is 3. The molecule has 0 spiro atoms. The molecular formula is C17H35NO2. The first-order valence-electron chi connectivity index (χ1n) is 8.46. The van der Waals surface area contributed by atoms with Crippen LogP contribution in [0.3, 0.4) is 0 Å². The van der Waals surface area contributed by atoms with Crippen molar-refractivity contribution in [2.24, 2.45) is 11.8 Å². The fraction of sp³-hybridized carbons (Fsp3) is 1.00. The molecule has 0 saturated heterocycles. The van der Waals surface area contributed by atoms with E-state index in [4.69, 9.17) is 4.74 Å². The van der Waals surface area contributed by atoms with Crippen molar-refractivity contribution in [2.45, 2.75) is 77.8 Å². The van der Waals surface area contributed by atoms with Gasteiger partial charge in [-0.3, -0.25) is 0 Å². The highest BCUT2D eigenvalue weighted by Gasteiger charge is 2.42. The topological polar surface area (TPSA) is 41.5 Å². The third-order valence-corrected chi connectivity index (χ3v) is 4.50. The van der Waals surface area contributed by atoms with E-state index in [0.717, 1.165) is 38.4 Å². The summed E-state index contributed by atoms with van der Waals surface area (Å²) in [6.45, 7) is 10.8. The van der Waals surface area contributed by atoms with Crippen LogP contribution in [0.5, 0.6) is 0 Å². The van der Waals surface area contributed by atoms with Crippen LogP contribution in [0.2, 0.25) is 0 Å². The maximum Gasteiger partial charge on any atom is 0.0616 e. The Hall–Kier alpha value is -0.120. The minimum atomic E-state index is -0.0601. The van der Waals surface area contributed by atoms with Crippen molar-refractivity contribution < 1.29 is 9.84 Å². The molecule has 0 amide bonds. The molecule has 0 heterocycles. The first-order chi connectivity index (χ1) is 9.50. The van der Waals surface area contributed by atoms with Crippen LogP contribution in [0.15, 0.2) is 0 Å². The smallest absolute Gasteiger partial charge is 0.0616 e. The summed E-state index contributed by atoms with van der Waals surface area (Å²) >= 11 is 0. The van der Waals surface area contributed by atoms with Gasteiger partial charge in [0, 0.05) is 24.8 Å². The molecule has 0 aromatic heterocycles. The van der Waals surface area contributed by atoms with E-state index in [1.165, 1.54) is 19.3 Å². The molecule has 0 aromatic carbocycles. The van der Waals surface area contributed by atoms with E-state index in [2.05, 4.69) is 33.0 Å². The van der Waals surface area contributed by atoms with Gasteiger partial charge in [0.2, 0.25) is 0 Å². The summed E-state index contributed by atoms with van der Waals surface area (Å²) in [6, 6.07) is 0.426. The highest BCUT2D eigenvalue weighted by atomic mass is 16.5. The maximum atomic E-state index is 9.83. The van der Waals surface area contributed by atoms with Gasteiger partial charge in [-0.1, -0.05) is 34.1 Å². The third-order valence-electron chi connectivity index (χ3n) is 4.50. The zero-order valence-corrected chi connectivity index (χ0v) is 14.0. The zero-order valence-electron chi connectivity index (χ0n) is 14.0. The Labute approximate surface area is 125 Å². The molecule has 1 aliphatic rings. The summed E-state index contributed by atoms with van der Waals surface area (Å²) in [5.74, 6) is 1.32. The van der Waals surface area contributed by atoms with Crippen molar-refractivity contribution in [2.75, 3.05) is 19.8 Å². The summed E-state index contributed by atoms with van der Waals surface area (Å²) in [6.07, 6.45) is 7.02. The minimum absolute atomic E-state index is 0.0601. The van der Waals surface area contributed by atoms with E-state index in [-0.39, 0.29) is 12.1 Å². The molecule has 2 N–H and O–H groups in total. The van der Waals surface area contributed by atoms with E-state index >= 15 is 0 Å². The van der Waals surface area contributed by atoms with Gasteiger partial charge in [-0.05, 0) is 43.9 Å². The van der Waals surface area contributed by atoms with Crippen LogP contribution in [-0.2, 0) is 4.74 Å². The fourth-order valence-corrected chi connectivity index (χ4v) is 3.50. The van der Waals surface area contributed by atoms with Gasteiger partial charge in [0.15, 0.2) is 0 Å². The lowest BCUT2D eigenvalue weighted by molar-refractivity contribution is 0.0726. The van der Waals surface area contributed by atoms with Crippen LogP contribution in [0.1, 0.15) is 66.2 Å². The number of aliphatic hydroxyl groups excluding tert-OH is 1. The highest BCUT2D eigenvalue weighted by molar-refractivity contribution is 4.99. The summed E-state index contributed by atoms with van der Waals surface area (Å²) in [7, 11) is 0. The molecule has 1 aliphatic carbocycles. The molecule has 1 rings (SSSR count). The van der Waals surface area contributed by atoms with E-state index in [9.17, 15) is 5.11 Å². The first kappa shape index (κ1) is 17.9. The Bertz CT molecular complexity index is 255.